The van der Waals surface area contributed by atoms with Crippen molar-refractivity contribution in [3.63, 3.8) is 0 Å². The highest BCUT2D eigenvalue weighted by Crippen LogP contribution is 2.27. The summed E-state index contributed by atoms with van der Waals surface area (Å²) in [4.78, 5) is 11.1. The number of rotatable bonds is 3. The highest BCUT2D eigenvalue weighted by atomic mass is 35.5. The summed E-state index contributed by atoms with van der Waals surface area (Å²) in [7, 11) is 0. The molecule has 0 amide bonds. The first-order valence-electron chi connectivity index (χ1n) is 5.54. The van der Waals surface area contributed by atoms with Gasteiger partial charge >= 0.3 is 5.97 Å². The molecule has 0 radical (unpaired) electrons. The second-order valence-electron chi connectivity index (χ2n) is 4.05. The Bertz CT molecular complexity index is 643. The van der Waals surface area contributed by atoms with Gasteiger partial charge in [0.15, 0.2) is 0 Å². The van der Waals surface area contributed by atoms with Gasteiger partial charge in [0.1, 0.15) is 11.4 Å². The van der Waals surface area contributed by atoms with E-state index >= 15 is 0 Å². The number of aryl methyl sites for hydroxylation is 1. The minimum absolute atomic E-state index is 0.206. The smallest absolute Gasteiger partial charge is 0.340 e. The van der Waals surface area contributed by atoms with E-state index in [1.165, 1.54) is 12.1 Å². The van der Waals surface area contributed by atoms with Gasteiger partial charge in [0.25, 0.3) is 0 Å². The van der Waals surface area contributed by atoms with Crippen LogP contribution >= 0.6 is 11.6 Å². The number of hydrogen-bond donors (Lipinski definition) is 2. The molecule has 0 saturated heterocycles. The van der Waals surface area contributed by atoms with E-state index in [0.717, 1.165) is 11.6 Å². The van der Waals surface area contributed by atoms with Gasteiger partial charge in [-0.3, -0.25) is 0 Å². The van der Waals surface area contributed by atoms with Crippen LogP contribution in [0.25, 0.3) is 0 Å². The predicted molar refractivity (Wildman–Crippen MR) is 72.8 cm³/mol. The standard InChI is InChI=1S/C14H11ClFNO2/c1-8-7-9(15)5-6-11(8)17-12-4-2-3-10(16)13(12)14(18)19/h2-7,17H,1H3,(H,18,19). The van der Waals surface area contributed by atoms with E-state index in [9.17, 15) is 9.18 Å². The lowest BCUT2D eigenvalue weighted by atomic mass is 10.1. The van der Waals surface area contributed by atoms with Gasteiger partial charge in [-0.25, -0.2) is 9.18 Å². The molecule has 0 aromatic heterocycles. The summed E-state index contributed by atoms with van der Waals surface area (Å²) in [6.07, 6.45) is 0. The summed E-state index contributed by atoms with van der Waals surface area (Å²) in [5.74, 6) is -2.09. The van der Waals surface area contributed by atoms with Crippen molar-refractivity contribution in [1.29, 1.82) is 0 Å². The van der Waals surface area contributed by atoms with Crippen molar-refractivity contribution in [1.82, 2.24) is 0 Å². The summed E-state index contributed by atoms with van der Waals surface area (Å²) in [6.45, 7) is 1.83. The Balaban J connectivity index is 2.44. The summed E-state index contributed by atoms with van der Waals surface area (Å²) >= 11 is 5.84. The third-order valence-corrected chi connectivity index (χ3v) is 2.92. The average molecular weight is 280 g/mol. The van der Waals surface area contributed by atoms with E-state index in [-0.39, 0.29) is 11.3 Å². The van der Waals surface area contributed by atoms with E-state index in [4.69, 9.17) is 16.7 Å². The lowest BCUT2D eigenvalue weighted by molar-refractivity contribution is 0.0693. The second kappa shape index (κ2) is 5.28. The molecule has 0 spiro atoms. The minimum atomic E-state index is -1.31. The van der Waals surface area contributed by atoms with Gasteiger partial charge in [0, 0.05) is 10.7 Å². The van der Waals surface area contributed by atoms with E-state index < -0.39 is 11.8 Å². The summed E-state index contributed by atoms with van der Waals surface area (Å²) in [5, 5.41) is 12.5. The van der Waals surface area contributed by atoms with Crippen LogP contribution in [0.1, 0.15) is 15.9 Å². The maximum Gasteiger partial charge on any atom is 0.340 e. The van der Waals surface area contributed by atoms with Crippen molar-refractivity contribution in [2.45, 2.75) is 6.92 Å². The zero-order valence-electron chi connectivity index (χ0n) is 10.1. The van der Waals surface area contributed by atoms with E-state index in [1.807, 2.05) is 6.92 Å². The van der Waals surface area contributed by atoms with Gasteiger partial charge in [-0.1, -0.05) is 17.7 Å². The number of halogens is 2. The normalized spacial score (nSPS) is 10.3. The monoisotopic (exact) mass is 279 g/mol. The average Bonchev–Trinajstić information content (AvgIpc) is 2.32. The van der Waals surface area contributed by atoms with Crippen LogP contribution in [0.3, 0.4) is 0 Å². The molecule has 2 rings (SSSR count). The van der Waals surface area contributed by atoms with Crippen LogP contribution in [0, 0.1) is 12.7 Å². The summed E-state index contributed by atoms with van der Waals surface area (Å²) in [6, 6.07) is 9.22. The Morgan fingerprint density at radius 3 is 2.63 bits per heavy atom. The first-order valence-corrected chi connectivity index (χ1v) is 5.92. The van der Waals surface area contributed by atoms with Crippen LogP contribution in [0.5, 0.6) is 0 Å². The summed E-state index contributed by atoms with van der Waals surface area (Å²) < 4.78 is 13.5. The van der Waals surface area contributed by atoms with Crippen LogP contribution in [0.2, 0.25) is 5.02 Å². The molecule has 19 heavy (non-hydrogen) atoms. The first-order chi connectivity index (χ1) is 8.99. The zero-order chi connectivity index (χ0) is 14.0. The summed E-state index contributed by atoms with van der Waals surface area (Å²) in [5.41, 5.74) is 1.35. The van der Waals surface area contributed by atoms with Gasteiger partial charge < -0.3 is 10.4 Å². The number of benzene rings is 2. The molecule has 0 aliphatic carbocycles. The maximum atomic E-state index is 13.5. The third-order valence-electron chi connectivity index (χ3n) is 2.69. The third kappa shape index (κ3) is 2.85. The molecule has 2 N–H and O–H groups in total. The van der Waals surface area contributed by atoms with Gasteiger partial charge in [-0.2, -0.15) is 0 Å². The van der Waals surface area contributed by atoms with E-state index in [1.54, 1.807) is 18.2 Å². The van der Waals surface area contributed by atoms with Crippen molar-refractivity contribution in [3.05, 3.63) is 58.4 Å². The SMILES string of the molecule is Cc1cc(Cl)ccc1Nc1cccc(F)c1C(=O)O. The molecule has 0 heterocycles. The molecule has 0 aliphatic heterocycles. The van der Waals surface area contributed by atoms with Crippen molar-refractivity contribution in [2.24, 2.45) is 0 Å². The topological polar surface area (TPSA) is 49.3 Å². The molecular weight excluding hydrogens is 269 g/mol. The lowest BCUT2D eigenvalue weighted by Crippen LogP contribution is -2.06. The van der Waals surface area contributed by atoms with Crippen molar-refractivity contribution >= 4 is 28.9 Å². The maximum absolute atomic E-state index is 13.5. The fourth-order valence-corrected chi connectivity index (χ4v) is 1.98. The number of carboxylic acids is 1. The second-order valence-corrected chi connectivity index (χ2v) is 4.49. The van der Waals surface area contributed by atoms with Gasteiger partial charge in [-0.05, 0) is 42.8 Å². The Morgan fingerprint density at radius 1 is 1.26 bits per heavy atom. The van der Waals surface area contributed by atoms with Crippen molar-refractivity contribution in [3.8, 4) is 0 Å². The quantitative estimate of drug-likeness (QED) is 0.884. The van der Waals surface area contributed by atoms with Crippen LogP contribution in [-0.4, -0.2) is 11.1 Å². The zero-order valence-corrected chi connectivity index (χ0v) is 10.8. The first kappa shape index (κ1) is 13.4. The van der Waals surface area contributed by atoms with Crippen molar-refractivity contribution in [2.75, 3.05) is 5.32 Å². The van der Waals surface area contributed by atoms with Gasteiger partial charge in [0.05, 0.1) is 5.69 Å². The molecule has 0 saturated carbocycles. The van der Waals surface area contributed by atoms with Crippen molar-refractivity contribution < 1.29 is 14.3 Å². The molecule has 0 atom stereocenters. The molecular formula is C14H11ClFNO2. The molecule has 0 unspecified atom stereocenters. The Kier molecular flexibility index (Phi) is 3.71. The molecule has 98 valence electrons. The Labute approximate surface area is 114 Å². The highest BCUT2D eigenvalue weighted by Gasteiger charge is 2.16. The molecule has 0 fully saturated rings. The number of carboxylic acid groups (broad SMARTS) is 1. The Hall–Kier alpha value is -2.07. The van der Waals surface area contributed by atoms with E-state index in [2.05, 4.69) is 5.32 Å². The van der Waals surface area contributed by atoms with Crippen LogP contribution < -0.4 is 5.32 Å². The highest BCUT2D eigenvalue weighted by molar-refractivity contribution is 6.30. The molecule has 0 bridgehead atoms. The number of hydrogen-bond acceptors (Lipinski definition) is 2. The van der Waals surface area contributed by atoms with Crippen LogP contribution in [-0.2, 0) is 0 Å². The molecule has 3 nitrogen and oxygen atoms in total. The molecule has 5 heteroatoms. The largest absolute Gasteiger partial charge is 0.478 e. The number of anilines is 2. The van der Waals surface area contributed by atoms with Crippen LogP contribution in [0.15, 0.2) is 36.4 Å². The van der Waals surface area contributed by atoms with Crippen LogP contribution in [0.4, 0.5) is 15.8 Å². The fraction of sp³-hybridized carbons (Fsp3) is 0.0714. The number of carbonyl (C=O) groups is 1. The molecule has 2 aromatic carbocycles. The van der Waals surface area contributed by atoms with Gasteiger partial charge in [0.2, 0.25) is 0 Å². The van der Waals surface area contributed by atoms with Gasteiger partial charge in [-0.15, -0.1) is 0 Å². The number of nitrogens with one attached hydrogen (secondary N) is 1. The van der Waals surface area contributed by atoms with E-state index in [0.29, 0.717) is 10.7 Å². The molecule has 0 aliphatic rings. The molecule has 2 aromatic rings. The Morgan fingerprint density at radius 2 is 2.00 bits per heavy atom. The predicted octanol–water partition coefficient (Wildman–Crippen LogP) is 4.23. The minimum Gasteiger partial charge on any atom is -0.478 e. The fourth-order valence-electron chi connectivity index (χ4n) is 1.76. The lowest BCUT2D eigenvalue weighted by Gasteiger charge is -2.12. The number of aromatic carboxylic acids is 1.